The molecule has 1 aliphatic carbocycles. The number of carbonyl (C=O) groups is 1. The summed E-state index contributed by atoms with van der Waals surface area (Å²) < 4.78 is 53.1. The van der Waals surface area contributed by atoms with Crippen LogP contribution in [0, 0.1) is 11.6 Å². The summed E-state index contributed by atoms with van der Waals surface area (Å²) in [6, 6.07) is 8.42. The molecule has 0 aliphatic heterocycles. The highest BCUT2D eigenvalue weighted by Gasteiger charge is 2.28. The predicted molar refractivity (Wildman–Crippen MR) is 92.0 cm³/mol. The van der Waals surface area contributed by atoms with Crippen LogP contribution in [0.3, 0.4) is 0 Å². The van der Waals surface area contributed by atoms with Gasteiger partial charge in [-0.3, -0.25) is 4.79 Å². The molecule has 0 saturated heterocycles. The SMILES string of the molecule is C[C@H](NC(=O)c1ccc(S(=O)(=O)NC2CC2)cc1)c1ccc(F)c(F)c1. The number of hydrogen-bond donors (Lipinski definition) is 2. The van der Waals surface area contributed by atoms with Gasteiger partial charge in [-0.25, -0.2) is 21.9 Å². The van der Waals surface area contributed by atoms with Crippen LogP contribution in [0.15, 0.2) is 47.4 Å². The Bertz CT molecular complexity index is 926. The molecular weight excluding hydrogens is 362 g/mol. The van der Waals surface area contributed by atoms with Crippen LogP contribution in [0.4, 0.5) is 8.78 Å². The molecule has 1 saturated carbocycles. The van der Waals surface area contributed by atoms with Crippen LogP contribution in [0.25, 0.3) is 0 Å². The van der Waals surface area contributed by atoms with E-state index >= 15 is 0 Å². The lowest BCUT2D eigenvalue weighted by Gasteiger charge is -2.15. The van der Waals surface area contributed by atoms with Crippen molar-refractivity contribution in [2.75, 3.05) is 0 Å². The molecule has 0 unspecified atom stereocenters. The van der Waals surface area contributed by atoms with Crippen molar-refractivity contribution in [2.24, 2.45) is 0 Å². The first-order valence-corrected chi connectivity index (χ1v) is 9.63. The third kappa shape index (κ3) is 4.25. The van der Waals surface area contributed by atoms with E-state index in [0.717, 1.165) is 25.0 Å². The molecule has 138 valence electrons. The summed E-state index contributed by atoms with van der Waals surface area (Å²) in [4.78, 5) is 12.4. The van der Waals surface area contributed by atoms with Gasteiger partial charge in [-0.1, -0.05) is 6.07 Å². The van der Waals surface area contributed by atoms with Crippen LogP contribution >= 0.6 is 0 Å². The van der Waals surface area contributed by atoms with E-state index < -0.39 is 33.6 Å². The Kier molecular flexibility index (Phi) is 5.06. The quantitative estimate of drug-likeness (QED) is 0.809. The number of nitrogens with one attached hydrogen (secondary N) is 2. The molecule has 0 radical (unpaired) electrons. The van der Waals surface area contributed by atoms with Crippen LogP contribution in [0.1, 0.15) is 41.7 Å². The van der Waals surface area contributed by atoms with Gasteiger partial charge < -0.3 is 5.32 Å². The second kappa shape index (κ2) is 7.13. The lowest BCUT2D eigenvalue weighted by molar-refractivity contribution is 0.0939. The van der Waals surface area contributed by atoms with Crippen LogP contribution < -0.4 is 10.0 Å². The minimum atomic E-state index is -3.57. The van der Waals surface area contributed by atoms with Gasteiger partial charge >= 0.3 is 0 Å². The molecule has 2 aromatic carbocycles. The lowest BCUT2D eigenvalue weighted by atomic mass is 10.1. The Labute approximate surface area is 150 Å². The number of amides is 1. The molecule has 0 aromatic heterocycles. The molecule has 1 fully saturated rings. The molecule has 1 aliphatic rings. The van der Waals surface area contributed by atoms with Crippen molar-refractivity contribution < 1.29 is 22.0 Å². The smallest absolute Gasteiger partial charge is 0.251 e. The molecule has 1 atom stereocenters. The summed E-state index contributed by atoms with van der Waals surface area (Å²) in [5.74, 6) is -2.38. The molecule has 2 N–H and O–H groups in total. The van der Waals surface area contributed by atoms with Crippen LogP contribution in [0.2, 0.25) is 0 Å². The molecule has 26 heavy (non-hydrogen) atoms. The van der Waals surface area contributed by atoms with Gasteiger partial charge in [0.05, 0.1) is 10.9 Å². The van der Waals surface area contributed by atoms with E-state index in [4.69, 9.17) is 0 Å². The van der Waals surface area contributed by atoms with E-state index in [1.165, 1.54) is 30.3 Å². The highest BCUT2D eigenvalue weighted by molar-refractivity contribution is 7.89. The zero-order chi connectivity index (χ0) is 18.9. The van der Waals surface area contributed by atoms with Gasteiger partial charge in [-0.15, -0.1) is 0 Å². The Hall–Kier alpha value is -2.32. The fourth-order valence-electron chi connectivity index (χ4n) is 2.42. The van der Waals surface area contributed by atoms with Gasteiger partial charge in [0, 0.05) is 11.6 Å². The van der Waals surface area contributed by atoms with Crippen molar-refractivity contribution in [3.63, 3.8) is 0 Å². The maximum absolute atomic E-state index is 13.3. The molecule has 8 heteroatoms. The summed E-state index contributed by atoms with van der Waals surface area (Å²) in [5, 5.41) is 2.67. The first-order chi connectivity index (χ1) is 12.3. The van der Waals surface area contributed by atoms with Crippen LogP contribution in [0.5, 0.6) is 0 Å². The van der Waals surface area contributed by atoms with Gasteiger partial charge in [0.15, 0.2) is 11.6 Å². The minimum Gasteiger partial charge on any atom is -0.346 e. The third-order valence-electron chi connectivity index (χ3n) is 4.12. The fourth-order valence-corrected chi connectivity index (χ4v) is 3.72. The molecule has 0 spiro atoms. The number of halogens is 2. The van der Waals surface area contributed by atoms with Crippen molar-refractivity contribution >= 4 is 15.9 Å². The van der Waals surface area contributed by atoms with E-state index in [1.54, 1.807) is 6.92 Å². The van der Waals surface area contributed by atoms with Crippen molar-refractivity contribution in [3.05, 3.63) is 65.2 Å². The van der Waals surface area contributed by atoms with E-state index in [0.29, 0.717) is 5.56 Å². The summed E-state index contributed by atoms with van der Waals surface area (Å²) in [6.45, 7) is 1.64. The van der Waals surface area contributed by atoms with Gasteiger partial charge in [-0.05, 0) is 61.7 Å². The van der Waals surface area contributed by atoms with E-state index in [9.17, 15) is 22.0 Å². The average Bonchev–Trinajstić information content (AvgIpc) is 3.40. The Morgan fingerprint density at radius 3 is 2.31 bits per heavy atom. The highest BCUT2D eigenvalue weighted by Crippen LogP contribution is 2.22. The fraction of sp³-hybridized carbons (Fsp3) is 0.278. The number of carbonyl (C=O) groups excluding carboxylic acids is 1. The summed E-state index contributed by atoms with van der Waals surface area (Å²) in [5.41, 5.74) is 0.690. The van der Waals surface area contributed by atoms with Gasteiger partial charge in [0.1, 0.15) is 0 Å². The van der Waals surface area contributed by atoms with Gasteiger partial charge in [0.25, 0.3) is 5.91 Å². The van der Waals surface area contributed by atoms with Crippen LogP contribution in [-0.2, 0) is 10.0 Å². The summed E-state index contributed by atoms with van der Waals surface area (Å²) >= 11 is 0. The monoisotopic (exact) mass is 380 g/mol. The number of sulfonamides is 1. The van der Waals surface area contributed by atoms with Crippen molar-refractivity contribution in [1.29, 1.82) is 0 Å². The standard InChI is InChI=1S/C18H18F2N2O3S/c1-11(13-4-9-16(19)17(20)10-13)21-18(23)12-2-7-15(8-3-12)26(24,25)22-14-5-6-14/h2-4,7-11,14,22H,5-6H2,1H3,(H,21,23)/t11-/m0/s1. The first kappa shape index (κ1) is 18.5. The first-order valence-electron chi connectivity index (χ1n) is 8.14. The second-order valence-corrected chi connectivity index (χ2v) is 8.00. The average molecular weight is 380 g/mol. The maximum atomic E-state index is 13.3. The zero-order valence-electron chi connectivity index (χ0n) is 14.0. The van der Waals surface area contributed by atoms with Crippen molar-refractivity contribution in [1.82, 2.24) is 10.0 Å². The second-order valence-electron chi connectivity index (χ2n) is 6.29. The normalized spacial score (nSPS) is 15.5. The molecule has 0 bridgehead atoms. The molecule has 3 rings (SSSR count). The number of benzene rings is 2. The Morgan fingerprint density at radius 2 is 1.73 bits per heavy atom. The van der Waals surface area contributed by atoms with E-state index in [2.05, 4.69) is 10.0 Å². The van der Waals surface area contributed by atoms with Gasteiger partial charge in [0.2, 0.25) is 10.0 Å². The molecule has 0 heterocycles. The predicted octanol–water partition coefficient (Wildman–Crippen LogP) is 2.90. The maximum Gasteiger partial charge on any atom is 0.251 e. The Balaban J connectivity index is 1.68. The van der Waals surface area contributed by atoms with Crippen LogP contribution in [-0.4, -0.2) is 20.4 Å². The topological polar surface area (TPSA) is 75.3 Å². The third-order valence-corrected chi connectivity index (χ3v) is 5.65. The van der Waals surface area contributed by atoms with E-state index in [1.807, 2.05) is 0 Å². The number of rotatable bonds is 6. The van der Waals surface area contributed by atoms with Crippen molar-refractivity contribution in [3.8, 4) is 0 Å². The zero-order valence-corrected chi connectivity index (χ0v) is 14.8. The molecule has 5 nitrogen and oxygen atoms in total. The molecular formula is C18H18F2N2O3S. The Morgan fingerprint density at radius 1 is 1.08 bits per heavy atom. The lowest BCUT2D eigenvalue weighted by Crippen LogP contribution is -2.27. The van der Waals surface area contributed by atoms with E-state index in [-0.39, 0.29) is 16.5 Å². The molecule has 2 aromatic rings. The summed E-state index contributed by atoms with van der Waals surface area (Å²) in [6.07, 6.45) is 1.67. The summed E-state index contributed by atoms with van der Waals surface area (Å²) in [7, 11) is -3.57. The van der Waals surface area contributed by atoms with Gasteiger partial charge in [-0.2, -0.15) is 0 Å². The highest BCUT2D eigenvalue weighted by atomic mass is 32.2. The molecule has 1 amide bonds. The van der Waals surface area contributed by atoms with Crippen molar-refractivity contribution in [2.45, 2.75) is 36.7 Å². The largest absolute Gasteiger partial charge is 0.346 e. The minimum absolute atomic E-state index is 0.0000654. The number of hydrogen-bond acceptors (Lipinski definition) is 3.